The Morgan fingerprint density at radius 1 is 1.00 bits per heavy atom. The number of anilines is 2. The van der Waals surface area contributed by atoms with E-state index >= 15 is 0 Å². The van der Waals surface area contributed by atoms with Crippen LogP contribution in [-0.2, 0) is 6.42 Å². The Kier molecular flexibility index (Phi) is 5.66. The molecule has 0 spiro atoms. The molecule has 26 heavy (non-hydrogen) atoms. The highest BCUT2D eigenvalue weighted by Crippen LogP contribution is 2.29. The first-order valence-electron chi connectivity index (χ1n) is 9.28. The molecule has 0 saturated heterocycles. The number of aromatic nitrogens is 3. The van der Waals surface area contributed by atoms with Crippen LogP contribution in [0.4, 0.5) is 11.5 Å². The molecule has 5 heteroatoms. The van der Waals surface area contributed by atoms with Crippen LogP contribution in [0.1, 0.15) is 38.2 Å². The van der Waals surface area contributed by atoms with Crippen LogP contribution >= 0.6 is 0 Å². The fraction of sp³-hybridized carbons (Fsp3) is 0.381. The van der Waals surface area contributed by atoms with E-state index in [1.807, 2.05) is 14.1 Å². The lowest BCUT2D eigenvalue weighted by molar-refractivity contribution is 0.667. The van der Waals surface area contributed by atoms with Gasteiger partial charge < -0.3 is 10.6 Å². The van der Waals surface area contributed by atoms with Gasteiger partial charge in [-0.2, -0.15) is 0 Å². The van der Waals surface area contributed by atoms with Crippen molar-refractivity contribution in [2.75, 3.05) is 24.7 Å². The molecule has 0 atom stereocenters. The molecule has 0 aliphatic heterocycles. The highest BCUT2D eigenvalue weighted by atomic mass is 15.1. The van der Waals surface area contributed by atoms with Gasteiger partial charge in [0.2, 0.25) is 0 Å². The molecule has 3 rings (SSSR count). The summed E-state index contributed by atoms with van der Waals surface area (Å²) in [5.74, 6) is 0.492. The summed E-state index contributed by atoms with van der Waals surface area (Å²) < 4.78 is 0. The Bertz CT molecular complexity index is 871. The van der Waals surface area contributed by atoms with Gasteiger partial charge in [-0.05, 0) is 36.6 Å². The average Bonchev–Trinajstić information content (AvgIpc) is 2.65. The minimum atomic E-state index is 0.492. The standard InChI is InChI=1S/C21H27N5/c1-4-5-6-7-8-16-13-18-20(22)23-14-24-21(18)25-19(16)15-9-11-17(12-10-15)26(2)3/h9-14H,4-8H2,1-3H3,(H2,22,23,24,25). The van der Waals surface area contributed by atoms with E-state index in [0.717, 1.165) is 29.5 Å². The predicted octanol–water partition coefficient (Wildman–Crippen LogP) is 4.46. The number of fused-ring (bicyclic) bond motifs is 1. The van der Waals surface area contributed by atoms with Crippen LogP contribution < -0.4 is 10.6 Å². The average molecular weight is 349 g/mol. The largest absolute Gasteiger partial charge is 0.383 e. The Morgan fingerprint density at radius 3 is 2.46 bits per heavy atom. The van der Waals surface area contributed by atoms with E-state index in [-0.39, 0.29) is 0 Å². The molecule has 136 valence electrons. The van der Waals surface area contributed by atoms with Gasteiger partial charge in [0.1, 0.15) is 12.1 Å². The highest BCUT2D eigenvalue weighted by Gasteiger charge is 2.12. The van der Waals surface area contributed by atoms with Gasteiger partial charge >= 0.3 is 0 Å². The Labute approximate surface area is 155 Å². The summed E-state index contributed by atoms with van der Waals surface area (Å²) in [5, 5.41) is 0.839. The number of unbranched alkanes of at least 4 members (excludes halogenated alkanes) is 3. The van der Waals surface area contributed by atoms with Gasteiger partial charge in [-0.3, -0.25) is 0 Å². The third-order valence-corrected chi connectivity index (χ3v) is 4.69. The Morgan fingerprint density at radius 2 is 1.77 bits per heavy atom. The molecule has 2 N–H and O–H groups in total. The summed E-state index contributed by atoms with van der Waals surface area (Å²) in [4.78, 5) is 15.4. The number of rotatable bonds is 7. The maximum Gasteiger partial charge on any atom is 0.165 e. The van der Waals surface area contributed by atoms with Crippen LogP contribution in [-0.4, -0.2) is 29.0 Å². The van der Waals surface area contributed by atoms with Gasteiger partial charge in [-0.1, -0.05) is 38.3 Å². The van der Waals surface area contributed by atoms with Crippen LogP contribution in [0, 0.1) is 0 Å². The van der Waals surface area contributed by atoms with Crippen LogP contribution in [0.3, 0.4) is 0 Å². The highest BCUT2D eigenvalue weighted by molar-refractivity contribution is 5.88. The van der Waals surface area contributed by atoms with Crippen molar-refractivity contribution in [2.45, 2.75) is 39.0 Å². The second kappa shape index (κ2) is 8.13. The number of hydrogen-bond donors (Lipinski definition) is 1. The zero-order chi connectivity index (χ0) is 18.5. The third-order valence-electron chi connectivity index (χ3n) is 4.69. The summed E-state index contributed by atoms with van der Waals surface area (Å²) >= 11 is 0. The summed E-state index contributed by atoms with van der Waals surface area (Å²) in [7, 11) is 4.09. The smallest absolute Gasteiger partial charge is 0.165 e. The molecule has 0 amide bonds. The lowest BCUT2D eigenvalue weighted by Gasteiger charge is -2.14. The molecular weight excluding hydrogens is 322 g/mol. The second-order valence-corrected chi connectivity index (χ2v) is 6.88. The van der Waals surface area contributed by atoms with E-state index in [1.165, 1.54) is 36.8 Å². The summed E-state index contributed by atoms with van der Waals surface area (Å²) in [6.45, 7) is 2.23. The first kappa shape index (κ1) is 18.1. The third kappa shape index (κ3) is 3.93. The van der Waals surface area contributed by atoms with Crippen molar-refractivity contribution in [3.63, 3.8) is 0 Å². The molecule has 1 aromatic carbocycles. The minimum absolute atomic E-state index is 0.492. The van der Waals surface area contributed by atoms with Crippen molar-refractivity contribution < 1.29 is 0 Å². The molecule has 0 saturated carbocycles. The number of nitrogens with zero attached hydrogens (tertiary/aromatic N) is 4. The van der Waals surface area contributed by atoms with Crippen molar-refractivity contribution in [1.29, 1.82) is 0 Å². The zero-order valence-electron chi connectivity index (χ0n) is 15.9. The van der Waals surface area contributed by atoms with E-state index in [2.05, 4.69) is 52.1 Å². The summed E-state index contributed by atoms with van der Waals surface area (Å²) in [6, 6.07) is 10.6. The van der Waals surface area contributed by atoms with Crippen LogP contribution in [0.25, 0.3) is 22.3 Å². The molecule has 0 unspecified atom stereocenters. The Balaban J connectivity index is 2.02. The van der Waals surface area contributed by atoms with Crippen molar-refractivity contribution in [2.24, 2.45) is 0 Å². The van der Waals surface area contributed by atoms with Gasteiger partial charge in [0.05, 0.1) is 11.1 Å². The molecule has 0 radical (unpaired) electrons. The first-order chi connectivity index (χ1) is 12.6. The molecule has 0 aliphatic rings. The second-order valence-electron chi connectivity index (χ2n) is 6.88. The van der Waals surface area contributed by atoms with Gasteiger partial charge in [-0.25, -0.2) is 15.0 Å². The maximum atomic E-state index is 6.05. The fourth-order valence-corrected chi connectivity index (χ4v) is 3.15. The molecule has 0 aliphatic carbocycles. The maximum absolute atomic E-state index is 6.05. The van der Waals surface area contributed by atoms with E-state index in [1.54, 1.807) is 0 Å². The molecular formula is C21H27N5. The predicted molar refractivity (Wildman–Crippen MR) is 109 cm³/mol. The molecule has 0 fully saturated rings. The number of aryl methyl sites for hydroxylation is 1. The topological polar surface area (TPSA) is 67.9 Å². The van der Waals surface area contributed by atoms with Crippen molar-refractivity contribution in [1.82, 2.24) is 15.0 Å². The number of pyridine rings is 1. The SMILES string of the molecule is CCCCCCc1cc2c(N)ncnc2nc1-c1ccc(N(C)C)cc1. The van der Waals surface area contributed by atoms with Gasteiger partial charge in [0.15, 0.2) is 5.65 Å². The molecule has 2 heterocycles. The van der Waals surface area contributed by atoms with Crippen molar-refractivity contribution in [3.8, 4) is 11.3 Å². The van der Waals surface area contributed by atoms with E-state index < -0.39 is 0 Å². The van der Waals surface area contributed by atoms with E-state index in [0.29, 0.717) is 11.5 Å². The van der Waals surface area contributed by atoms with E-state index in [9.17, 15) is 0 Å². The van der Waals surface area contributed by atoms with Crippen LogP contribution in [0.15, 0.2) is 36.7 Å². The molecule has 5 nitrogen and oxygen atoms in total. The Hall–Kier alpha value is -2.69. The zero-order valence-corrected chi connectivity index (χ0v) is 15.9. The first-order valence-corrected chi connectivity index (χ1v) is 9.28. The molecule has 0 bridgehead atoms. The van der Waals surface area contributed by atoms with Crippen molar-refractivity contribution >= 4 is 22.5 Å². The lowest BCUT2D eigenvalue weighted by atomic mass is 9.99. The monoisotopic (exact) mass is 349 g/mol. The number of nitrogens with two attached hydrogens (primary N) is 1. The van der Waals surface area contributed by atoms with E-state index in [4.69, 9.17) is 10.7 Å². The number of benzene rings is 1. The minimum Gasteiger partial charge on any atom is -0.383 e. The summed E-state index contributed by atoms with van der Waals surface area (Å²) in [6.07, 6.45) is 7.34. The number of nitrogen functional groups attached to an aromatic ring is 1. The fourth-order valence-electron chi connectivity index (χ4n) is 3.15. The quantitative estimate of drug-likeness (QED) is 0.638. The number of hydrogen-bond acceptors (Lipinski definition) is 5. The van der Waals surface area contributed by atoms with Crippen LogP contribution in [0.5, 0.6) is 0 Å². The molecule has 3 aromatic rings. The normalized spacial score (nSPS) is 11.0. The summed E-state index contributed by atoms with van der Waals surface area (Å²) in [5.41, 5.74) is 11.2. The lowest BCUT2D eigenvalue weighted by Crippen LogP contribution is -2.08. The van der Waals surface area contributed by atoms with Gasteiger partial charge in [0, 0.05) is 25.3 Å². The van der Waals surface area contributed by atoms with Crippen molar-refractivity contribution in [3.05, 3.63) is 42.2 Å². The van der Waals surface area contributed by atoms with Crippen LogP contribution in [0.2, 0.25) is 0 Å². The molecule has 2 aromatic heterocycles. The van der Waals surface area contributed by atoms with Gasteiger partial charge in [0.25, 0.3) is 0 Å². The van der Waals surface area contributed by atoms with Gasteiger partial charge in [-0.15, -0.1) is 0 Å².